The lowest BCUT2D eigenvalue weighted by atomic mass is 10.0. The van der Waals surface area contributed by atoms with Crippen molar-refractivity contribution in [2.75, 3.05) is 7.11 Å². The summed E-state index contributed by atoms with van der Waals surface area (Å²) >= 11 is 0. The van der Waals surface area contributed by atoms with Gasteiger partial charge in [-0.2, -0.15) is 8.78 Å². The van der Waals surface area contributed by atoms with Crippen LogP contribution in [0.15, 0.2) is 30.3 Å². The van der Waals surface area contributed by atoms with Crippen LogP contribution in [0.3, 0.4) is 0 Å². The van der Waals surface area contributed by atoms with Gasteiger partial charge in [-0.3, -0.25) is 0 Å². The van der Waals surface area contributed by atoms with Crippen molar-refractivity contribution >= 4 is 10.8 Å². The van der Waals surface area contributed by atoms with E-state index in [1.165, 1.54) is 18.2 Å². The summed E-state index contributed by atoms with van der Waals surface area (Å²) in [6, 6.07) is 7.06. The standard InChI is InChI=1S/C14H13F3O/c1-3-9-6-10-4-5-12(14(16,17)18-2)7-11(10)8-13(9)15/h4-8H,3H2,1-2H3. The molecule has 0 saturated carbocycles. The molecule has 0 aliphatic rings. The van der Waals surface area contributed by atoms with Gasteiger partial charge in [0.05, 0.1) is 5.56 Å². The lowest BCUT2D eigenvalue weighted by Crippen LogP contribution is -2.15. The maximum absolute atomic E-state index is 13.6. The summed E-state index contributed by atoms with van der Waals surface area (Å²) in [7, 11) is 0.935. The van der Waals surface area contributed by atoms with Crippen LogP contribution in [0.4, 0.5) is 13.2 Å². The summed E-state index contributed by atoms with van der Waals surface area (Å²) in [5.74, 6) is -0.372. The fourth-order valence-corrected chi connectivity index (χ4v) is 1.89. The van der Waals surface area contributed by atoms with Crippen molar-refractivity contribution in [1.29, 1.82) is 0 Å². The van der Waals surface area contributed by atoms with E-state index < -0.39 is 6.11 Å². The van der Waals surface area contributed by atoms with Crippen molar-refractivity contribution in [1.82, 2.24) is 0 Å². The van der Waals surface area contributed by atoms with E-state index >= 15 is 0 Å². The number of alkyl halides is 2. The molecular formula is C14H13F3O. The average Bonchev–Trinajstić information content (AvgIpc) is 2.37. The van der Waals surface area contributed by atoms with Gasteiger partial charge in [0.2, 0.25) is 0 Å². The van der Waals surface area contributed by atoms with Gasteiger partial charge < -0.3 is 4.74 Å². The molecule has 0 aliphatic carbocycles. The minimum atomic E-state index is -3.35. The van der Waals surface area contributed by atoms with Crippen LogP contribution in [0, 0.1) is 5.82 Å². The van der Waals surface area contributed by atoms with Gasteiger partial charge in [-0.15, -0.1) is 0 Å². The Hall–Kier alpha value is -1.55. The van der Waals surface area contributed by atoms with Gasteiger partial charge in [-0.1, -0.05) is 13.0 Å². The minimum absolute atomic E-state index is 0.277. The van der Waals surface area contributed by atoms with Crippen LogP contribution in [-0.2, 0) is 17.3 Å². The van der Waals surface area contributed by atoms with E-state index in [-0.39, 0.29) is 11.4 Å². The summed E-state index contributed by atoms with van der Waals surface area (Å²) in [6.07, 6.45) is -2.79. The lowest BCUT2D eigenvalue weighted by molar-refractivity contribution is -0.231. The number of benzene rings is 2. The van der Waals surface area contributed by atoms with Gasteiger partial charge in [-0.25, -0.2) is 4.39 Å². The van der Waals surface area contributed by atoms with Gasteiger partial charge in [0.15, 0.2) is 0 Å². The normalized spacial score (nSPS) is 12.1. The second kappa shape index (κ2) is 4.61. The van der Waals surface area contributed by atoms with Gasteiger partial charge in [0, 0.05) is 7.11 Å². The quantitative estimate of drug-likeness (QED) is 0.796. The molecule has 0 N–H and O–H groups in total. The molecule has 1 nitrogen and oxygen atoms in total. The molecule has 0 aromatic heterocycles. The van der Waals surface area contributed by atoms with Crippen LogP contribution < -0.4 is 0 Å². The van der Waals surface area contributed by atoms with Gasteiger partial charge >= 0.3 is 6.11 Å². The van der Waals surface area contributed by atoms with Crippen LogP contribution >= 0.6 is 0 Å². The highest BCUT2D eigenvalue weighted by molar-refractivity contribution is 5.84. The summed E-state index contributed by atoms with van der Waals surface area (Å²) in [4.78, 5) is 0. The molecule has 0 bridgehead atoms. The summed E-state index contributed by atoms with van der Waals surface area (Å²) in [5, 5.41) is 1.18. The Morgan fingerprint density at radius 2 is 1.83 bits per heavy atom. The molecule has 0 fully saturated rings. The van der Waals surface area contributed by atoms with E-state index in [0.29, 0.717) is 17.4 Å². The van der Waals surface area contributed by atoms with E-state index in [0.717, 1.165) is 12.5 Å². The molecule has 0 heterocycles. The summed E-state index contributed by atoms with van der Waals surface area (Å²) in [5.41, 5.74) is 0.301. The highest BCUT2D eigenvalue weighted by Gasteiger charge is 2.31. The van der Waals surface area contributed by atoms with E-state index in [2.05, 4.69) is 4.74 Å². The predicted octanol–water partition coefficient (Wildman–Crippen LogP) is 4.24. The van der Waals surface area contributed by atoms with E-state index in [9.17, 15) is 13.2 Å². The third-order valence-electron chi connectivity index (χ3n) is 2.98. The molecule has 0 spiro atoms. The monoisotopic (exact) mass is 254 g/mol. The van der Waals surface area contributed by atoms with Crippen LogP contribution in [0.25, 0.3) is 10.8 Å². The van der Waals surface area contributed by atoms with Crippen LogP contribution in [0.2, 0.25) is 0 Å². The smallest absolute Gasteiger partial charge is 0.320 e. The number of hydrogen-bond acceptors (Lipinski definition) is 1. The highest BCUT2D eigenvalue weighted by atomic mass is 19.3. The Kier molecular flexibility index (Phi) is 3.30. The Morgan fingerprint density at radius 3 is 2.44 bits per heavy atom. The second-order valence-corrected chi connectivity index (χ2v) is 4.08. The minimum Gasteiger partial charge on any atom is -0.320 e. The Morgan fingerprint density at radius 1 is 1.11 bits per heavy atom. The highest BCUT2D eigenvalue weighted by Crippen LogP contribution is 2.31. The molecule has 2 aromatic rings. The zero-order valence-corrected chi connectivity index (χ0v) is 10.1. The number of halogens is 3. The summed E-state index contributed by atoms with van der Waals surface area (Å²) < 4.78 is 44.4. The fraction of sp³-hybridized carbons (Fsp3) is 0.286. The van der Waals surface area contributed by atoms with Crippen molar-refractivity contribution < 1.29 is 17.9 Å². The number of methoxy groups -OCH3 is 1. The Labute approximate surface area is 103 Å². The van der Waals surface area contributed by atoms with Crippen molar-refractivity contribution in [3.05, 3.63) is 47.3 Å². The molecule has 4 heteroatoms. The number of aryl methyl sites for hydroxylation is 1. The third kappa shape index (κ3) is 2.20. The van der Waals surface area contributed by atoms with Gasteiger partial charge in [0.1, 0.15) is 5.82 Å². The molecule has 2 rings (SSSR count). The maximum atomic E-state index is 13.6. The topological polar surface area (TPSA) is 9.23 Å². The van der Waals surface area contributed by atoms with Crippen LogP contribution in [-0.4, -0.2) is 7.11 Å². The fourth-order valence-electron chi connectivity index (χ4n) is 1.89. The second-order valence-electron chi connectivity index (χ2n) is 4.08. The largest absolute Gasteiger partial charge is 0.383 e. The predicted molar refractivity (Wildman–Crippen MR) is 64.2 cm³/mol. The molecule has 0 saturated heterocycles. The first-order chi connectivity index (χ1) is 8.47. The Balaban J connectivity index is 2.59. The van der Waals surface area contributed by atoms with E-state index in [1.54, 1.807) is 12.1 Å². The van der Waals surface area contributed by atoms with Gasteiger partial charge in [-0.05, 0) is 47.0 Å². The van der Waals surface area contributed by atoms with E-state index in [4.69, 9.17) is 0 Å². The summed E-state index contributed by atoms with van der Waals surface area (Å²) in [6.45, 7) is 1.84. The maximum Gasteiger partial charge on any atom is 0.383 e. The molecule has 0 radical (unpaired) electrons. The molecule has 0 unspecified atom stereocenters. The number of fused-ring (bicyclic) bond motifs is 1. The molecule has 0 atom stereocenters. The van der Waals surface area contributed by atoms with Gasteiger partial charge in [0.25, 0.3) is 0 Å². The zero-order chi connectivity index (χ0) is 13.3. The third-order valence-corrected chi connectivity index (χ3v) is 2.98. The molecule has 96 valence electrons. The molecule has 2 aromatic carbocycles. The average molecular weight is 254 g/mol. The zero-order valence-electron chi connectivity index (χ0n) is 10.1. The van der Waals surface area contributed by atoms with Crippen LogP contribution in [0.1, 0.15) is 18.1 Å². The molecule has 0 amide bonds. The van der Waals surface area contributed by atoms with Crippen molar-refractivity contribution in [2.24, 2.45) is 0 Å². The van der Waals surface area contributed by atoms with Crippen LogP contribution in [0.5, 0.6) is 0 Å². The number of rotatable bonds is 3. The first kappa shape index (κ1) is 12.9. The lowest BCUT2D eigenvalue weighted by Gasteiger charge is -2.15. The van der Waals surface area contributed by atoms with Crippen molar-refractivity contribution in [3.63, 3.8) is 0 Å². The van der Waals surface area contributed by atoms with Crippen molar-refractivity contribution in [3.8, 4) is 0 Å². The van der Waals surface area contributed by atoms with Crippen molar-refractivity contribution in [2.45, 2.75) is 19.5 Å². The first-order valence-electron chi connectivity index (χ1n) is 5.63. The molecule has 18 heavy (non-hydrogen) atoms. The van der Waals surface area contributed by atoms with E-state index in [1.807, 2.05) is 6.92 Å². The molecular weight excluding hydrogens is 241 g/mol. The Bertz CT molecular complexity index is 579. The SMILES string of the molecule is CCc1cc2ccc(C(F)(F)OC)cc2cc1F. The number of hydrogen-bond donors (Lipinski definition) is 0. The molecule has 0 aliphatic heterocycles. The number of ether oxygens (including phenoxy) is 1. The first-order valence-corrected chi connectivity index (χ1v) is 5.63.